The van der Waals surface area contributed by atoms with Crippen LogP contribution in [-0.4, -0.2) is 17.5 Å². The maximum atomic E-state index is 13.0. The minimum absolute atomic E-state index is 0.112. The molecule has 1 aliphatic rings. The van der Waals surface area contributed by atoms with Gasteiger partial charge in [-0.1, -0.05) is 6.92 Å². The highest BCUT2D eigenvalue weighted by Gasteiger charge is 2.32. The lowest BCUT2D eigenvalue weighted by molar-refractivity contribution is -0.385. The monoisotopic (exact) mass is 252 g/mol. The fraction of sp³-hybridized carbons (Fsp3) is 0.538. The second-order valence-corrected chi connectivity index (χ2v) is 4.74. The van der Waals surface area contributed by atoms with Gasteiger partial charge in [0.25, 0.3) is 5.69 Å². The molecule has 1 aromatic rings. The fourth-order valence-electron chi connectivity index (χ4n) is 2.28. The summed E-state index contributed by atoms with van der Waals surface area (Å²) in [5.74, 6) is 0.0477. The van der Waals surface area contributed by atoms with Gasteiger partial charge in [0, 0.05) is 11.6 Å². The normalized spacial score (nSPS) is 16.6. The fourth-order valence-corrected chi connectivity index (χ4v) is 2.28. The molecule has 18 heavy (non-hydrogen) atoms. The zero-order valence-electron chi connectivity index (χ0n) is 10.4. The Hall–Kier alpha value is -1.49. The summed E-state index contributed by atoms with van der Waals surface area (Å²) in [6.07, 6.45) is 2.94. The van der Waals surface area contributed by atoms with Crippen LogP contribution in [0, 0.1) is 21.8 Å². The molecule has 0 radical (unpaired) electrons. The largest absolute Gasteiger partial charge is 0.314 e. The molecule has 0 saturated heterocycles. The zero-order chi connectivity index (χ0) is 13.1. The van der Waals surface area contributed by atoms with Crippen LogP contribution in [0.25, 0.3) is 0 Å². The van der Waals surface area contributed by atoms with Crippen molar-refractivity contribution >= 4 is 5.69 Å². The Labute approximate surface area is 105 Å². The first kappa shape index (κ1) is 13.0. The first-order valence-electron chi connectivity index (χ1n) is 6.28. The van der Waals surface area contributed by atoms with Gasteiger partial charge in [-0.15, -0.1) is 0 Å². The Morgan fingerprint density at radius 3 is 2.83 bits per heavy atom. The van der Waals surface area contributed by atoms with Crippen molar-refractivity contribution in [3.8, 4) is 0 Å². The van der Waals surface area contributed by atoms with Gasteiger partial charge in [-0.05, 0) is 43.9 Å². The van der Waals surface area contributed by atoms with E-state index in [0.717, 1.165) is 12.6 Å². The van der Waals surface area contributed by atoms with Crippen molar-refractivity contribution < 1.29 is 9.31 Å². The molecular weight excluding hydrogens is 235 g/mol. The van der Waals surface area contributed by atoms with E-state index in [1.165, 1.54) is 25.0 Å². The molecular formula is C13H17FN2O2. The third-order valence-electron chi connectivity index (χ3n) is 3.34. The van der Waals surface area contributed by atoms with E-state index in [1.54, 1.807) is 0 Å². The predicted octanol–water partition coefficient (Wildman–Crippen LogP) is 2.66. The quantitative estimate of drug-likeness (QED) is 0.625. The number of hydrogen-bond donors (Lipinski definition) is 1. The van der Waals surface area contributed by atoms with E-state index in [1.807, 2.05) is 6.92 Å². The van der Waals surface area contributed by atoms with Crippen molar-refractivity contribution in [2.24, 2.45) is 5.92 Å². The summed E-state index contributed by atoms with van der Waals surface area (Å²) in [7, 11) is 0. The van der Waals surface area contributed by atoms with Crippen molar-refractivity contribution in [3.63, 3.8) is 0 Å². The Bertz CT molecular complexity index is 447. The van der Waals surface area contributed by atoms with Gasteiger partial charge < -0.3 is 5.32 Å². The highest BCUT2D eigenvalue weighted by Crippen LogP contribution is 2.35. The number of hydrogen-bond acceptors (Lipinski definition) is 3. The van der Waals surface area contributed by atoms with Crippen molar-refractivity contribution in [3.05, 3.63) is 39.7 Å². The molecule has 1 N–H and O–H groups in total. The third kappa shape index (κ3) is 3.04. The number of nitro benzene ring substituents is 1. The molecule has 0 heterocycles. The van der Waals surface area contributed by atoms with Gasteiger partial charge in [0.05, 0.1) is 11.0 Å². The summed E-state index contributed by atoms with van der Waals surface area (Å²) in [4.78, 5) is 10.4. The highest BCUT2D eigenvalue weighted by atomic mass is 19.1. The molecule has 0 aromatic heterocycles. The Morgan fingerprint density at radius 2 is 2.28 bits per heavy atom. The molecule has 1 unspecified atom stereocenters. The number of benzene rings is 1. The molecule has 1 aliphatic carbocycles. The van der Waals surface area contributed by atoms with Gasteiger partial charge in [-0.3, -0.25) is 10.1 Å². The van der Waals surface area contributed by atoms with Gasteiger partial charge in [-0.25, -0.2) is 4.39 Å². The van der Waals surface area contributed by atoms with E-state index in [0.29, 0.717) is 17.9 Å². The van der Waals surface area contributed by atoms with Crippen LogP contribution >= 0.6 is 0 Å². The number of rotatable bonds is 6. The maximum absolute atomic E-state index is 13.0. The van der Waals surface area contributed by atoms with Gasteiger partial charge in [-0.2, -0.15) is 0 Å². The summed E-state index contributed by atoms with van der Waals surface area (Å²) in [6.45, 7) is 2.87. The maximum Gasteiger partial charge on any atom is 0.275 e. The van der Waals surface area contributed by atoms with E-state index in [4.69, 9.17) is 0 Å². The molecule has 5 heteroatoms. The Kier molecular flexibility index (Phi) is 3.91. The van der Waals surface area contributed by atoms with Crippen LogP contribution in [0.4, 0.5) is 10.1 Å². The summed E-state index contributed by atoms with van der Waals surface area (Å²) in [5.41, 5.74) is 0.498. The van der Waals surface area contributed by atoms with Crippen LogP contribution in [0.15, 0.2) is 18.2 Å². The van der Waals surface area contributed by atoms with Gasteiger partial charge in [0.2, 0.25) is 0 Å². The standard InChI is InChI=1S/C13H17FN2O2/c1-2-15-12(9-3-4-9)7-10-5-6-11(14)8-13(10)16(17)18/h5-6,8-9,12,15H,2-4,7H2,1H3. The Morgan fingerprint density at radius 1 is 1.56 bits per heavy atom. The van der Waals surface area contributed by atoms with Crippen LogP contribution in [0.2, 0.25) is 0 Å². The Balaban J connectivity index is 2.18. The lowest BCUT2D eigenvalue weighted by atomic mass is 10.0. The second-order valence-electron chi connectivity index (χ2n) is 4.74. The van der Waals surface area contributed by atoms with Gasteiger partial charge in [0.1, 0.15) is 5.82 Å². The molecule has 4 nitrogen and oxygen atoms in total. The molecule has 2 rings (SSSR count). The first-order valence-corrected chi connectivity index (χ1v) is 6.28. The van der Waals surface area contributed by atoms with Crippen molar-refractivity contribution in [2.45, 2.75) is 32.2 Å². The van der Waals surface area contributed by atoms with Gasteiger partial charge >= 0.3 is 0 Å². The molecule has 0 spiro atoms. The van der Waals surface area contributed by atoms with Crippen molar-refractivity contribution in [1.82, 2.24) is 5.32 Å². The van der Waals surface area contributed by atoms with Gasteiger partial charge in [0.15, 0.2) is 0 Å². The van der Waals surface area contributed by atoms with Crippen LogP contribution in [0.3, 0.4) is 0 Å². The number of nitro groups is 1. The number of likely N-dealkylation sites (N-methyl/N-ethyl adjacent to an activating group) is 1. The minimum atomic E-state index is -0.558. The van der Waals surface area contributed by atoms with Crippen LogP contribution < -0.4 is 5.32 Å². The van der Waals surface area contributed by atoms with Crippen LogP contribution in [0.5, 0.6) is 0 Å². The van der Waals surface area contributed by atoms with E-state index >= 15 is 0 Å². The average Bonchev–Trinajstić information content (AvgIpc) is 3.14. The first-order chi connectivity index (χ1) is 8.61. The molecule has 98 valence electrons. The predicted molar refractivity (Wildman–Crippen MR) is 66.9 cm³/mol. The molecule has 1 fully saturated rings. The van der Waals surface area contributed by atoms with E-state index in [2.05, 4.69) is 5.32 Å². The average molecular weight is 252 g/mol. The molecule has 0 bridgehead atoms. The molecule has 1 atom stereocenters. The number of nitrogens with zero attached hydrogens (tertiary/aromatic N) is 1. The minimum Gasteiger partial charge on any atom is -0.314 e. The lowest BCUT2D eigenvalue weighted by Gasteiger charge is -2.17. The van der Waals surface area contributed by atoms with E-state index in [9.17, 15) is 14.5 Å². The SMILES string of the molecule is CCNC(Cc1ccc(F)cc1[N+](=O)[O-])C1CC1. The molecule has 0 amide bonds. The highest BCUT2D eigenvalue weighted by molar-refractivity contribution is 5.41. The molecule has 1 aromatic carbocycles. The smallest absolute Gasteiger partial charge is 0.275 e. The lowest BCUT2D eigenvalue weighted by Crippen LogP contribution is -2.33. The van der Waals surface area contributed by atoms with E-state index in [-0.39, 0.29) is 11.7 Å². The summed E-state index contributed by atoms with van der Waals surface area (Å²) >= 11 is 0. The summed E-state index contributed by atoms with van der Waals surface area (Å²) in [6, 6.07) is 4.09. The van der Waals surface area contributed by atoms with Crippen LogP contribution in [0.1, 0.15) is 25.3 Å². The second kappa shape index (κ2) is 5.44. The summed E-state index contributed by atoms with van der Waals surface area (Å²) < 4.78 is 13.0. The molecule has 0 aliphatic heterocycles. The van der Waals surface area contributed by atoms with E-state index < -0.39 is 10.7 Å². The third-order valence-corrected chi connectivity index (χ3v) is 3.34. The molecule has 1 saturated carbocycles. The number of nitrogens with one attached hydrogen (secondary N) is 1. The van der Waals surface area contributed by atoms with Crippen molar-refractivity contribution in [2.75, 3.05) is 6.54 Å². The summed E-state index contributed by atoms with van der Waals surface area (Å²) in [5, 5.41) is 14.3. The number of halogens is 1. The van der Waals surface area contributed by atoms with Crippen molar-refractivity contribution in [1.29, 1.82) is 0 Å². The topological polar surface area (TPSA) is 55.2 Å². The zero-order valence-corrected chi connectivity index (χ0v) is 10.4. The van der Waals surface area contributed by atoms with Crippen LogP contribution in [-0.2, 0) is 6.42 Å².